The zero-order valence-corrected chi connectivity index (χ0v) is 19.0. The van der Waals surface area contributed by atoms with Crippen LogP contribution in [0.4, 0.5) is 5.69 Å². The monoisotopic (exact) mass is 460 g/mol. The van der Waals surface area contributed by atoms with Gasteiger partial charge in [0.05, 0.1) is 30.1 Å². The van der Waals surface area contributed by atoms with Gasteiger partial charge in [-0.15, -0.1) is 11.3 Å². The highest BCUT2D eigenvalue weighted by Crippen LogP contribution is 2.23. The van der Waals surface area contributed by atoms with Crippen molar-refractivity contribution in [2.24, 2.45) is 10.1 Å². The first kappa shape index (κ1) is 21.7. The fourth-order valence-corrected chi connectivity index (χ4v) is 5.29. The van der Waals surface area contributed by atoms with Gasteiger partial charge in [-0.3, -0.25) is 0 Å². The summed E-state index contributed by atoms with van der Waals surface area (Å²) in [5, 5.41) is 6.63. The van der Waals surface area contributed by atoms with Crippen LogP contribution >= 0.6 is 11.3 Å². The molecule has 10 heteroatoms. The van der Waals surface area contributed by atoms with E-state index in [9.17, 15) is 8.42 Å². The van der Waals surface area contributed by atoms with Gasteiger partial charge in [0.2, 0.25) is 14.8 Å². The average molecular weight is 461 g/mol. The van der Waals surface area contributed by atoms with Crippen molar-refractivity contribution in [3.63, 3.8) is 0 Å². The SMILES string of the molecule is CCC(C)=Nn1c(-c2ccco2)csc1=Nc1ccc(S(=O)(=O)N2CCOCC2)cc1. The first-order valence-electron chi connectivity index (χ1n) is 10.0. The van der Waals surface area contributed by atoms with E-state index in [4.69, 9.17) is 14.1 Å². The smallest absolute Gasteiger partial charge is 0.243 e. The van der Waals surface area contributed by atoms with Crippen molar-refractivity contribution < 1.29 is 17.6 Å². The third-order valence-corrected chi connectivity index (χ3v) is 7.64. The molecule has 1 saturated heterocycles. The van der Waals surface area contributed by atoms with E-state index in [0.717, 1.165) is 17.8 Å². The van der Waals surface area contributed by atoms with E-state index in [-0.39, 0.29) is 4.90 Å². The number of hydrogen-bond donors (Lipinski definition) is 0. The van der Waals surface area contributed by atoms with Crippen LogP contribution in [0.3, 0.4) is 0 Å². The van der Waals surface area contributed by atoms with E-state index in [1.807, 2.05) is 31.4 Å². The molecule has 4 rings (SSSR count). The molecule has 31 heavy (non-hydrogen) atoms. The van der Waals surface area contributed by atoms with Crippen LogP contribution in [0.5, 0.6) is 0 Å². The highest BCUT2D eigenvalue weighted by molar-refractivity contribution is 7.89. The number of nitrogens with zero attached hydrogens (tertiary/aromatic N) is 4. The van der Waals surface area contributed by atoms with Gasteiger partial charge in [-0.25, -0.2) is 18.1 Å². The number of hydrogen-bond acceptors (Lipinski definition) is 7. The van der Waals surface area contributed by atoms with E-state index in [1.54, 1.807) is 35.2 Å². The van der Waals surface area contributed by atoms with Crippen molar-refractivity contribution in [2.75, 3.05) is 26.3 Å². The standard InChI is InChI=1S/C21H24N4O4S2/c1-3-16(2)23-25-19(20-5-4-12-29-20)15-30-21(25)22-17-6-8-18(9-7-17)31(26,27)24-10-13-28-14-11-24/h4-9,12,15H,3,10-11,13-14H2,1-2H3. The molecule has 0 saturated carbocycles. The van der Waals surface area contributed by atoms with Crippen molar-refractivity contribution in [3.8, 4) is 11.5 Å². The Morgan fingerprint density at radius 2 is 1.90 bits per heavy atom. The van der Waals surface area contributed by atoms with E-state index in [1.165, 1.54) is 15.6 Å². The molecule has 3 aromatic rings. The summed E-state index contributed by atoms with van der Waals surface area (Å²) in [6.07, 6.45) is 2.44. The number of morpholine rings is 1. The maximum Gasteiger partial charge on any atom is 0.243 e. The van der Waals surface area contributed by atoms with Crippen molar-refractivity contribution in [3.05, 3.63) is 52.8 Å². The Hall–Kier alpha value is -2.53. The summed E-state index contributed by atoms with van der Waals surface area (Å²) < 4.78 is 39.6. The molecule has 1 aromatic carbocycles. The van der Waals surface area contributed by atoms with Crippen molar-refractivity contribution in [1.82, 2.24) is 8.98 Å². The zero-order valence-electron chi connectivity index (χ0n) is 17.4. The molecule has 0 atom stereocenters. The van der Waals surface area contributed by atoms with Crippen molar-refractivity contribution in [1.29, 1.82) is 0 Å². The number of ether oxygens (including phenoxy) is 1. The minimum absolute atomic E-state index is 0.253. The Morgan fingerprint density at radius 1 is 1.16 bits per heavy atom. The molecular weight excluding hydrogens is 436 g/mol. The molecular formula is C21H24N4O4S2. The highest BCUT2D eigenvalue weighted by atomic mass is 32.2. The lowest BCUT2D eigenvalue weighted by Gasteiger charge is -2.26. The number of aromatic nitrogens is 1. The quantitative estimate of drug-likeness (QED) is 0.525. The molecule has 0 spiro atoms. The number of furan rings is 1. The van der Waals surface area contributed by atoms with Crippen LogP contribution in [0.15, 0.2) is 67.4 Å². The van der Waals surface area contributed by atoms with E-state index >= 15 is 0 Å². The zero-order chi connectivity index (χ0) is 21.8. The second-order valence-corrected chi connectivity index (χ2v) is 9.78. The molecule has 3 heterocycles. The highest BCUT2D eigenvalue weighted by Gasteiger charge is 2.26. The predicted molar refractivity (Wildman–Crippen MR) is 120 cm³/mol. The second-order valence-electron chi connectivity index (χ2n) is 7.00. The lowest BCUT2D eigenvalue weighted by Crippen LogP contribution is -2.40. The van der Waals surface area contributed by atoms with Crippen LogP contribution in [0.2, 0.25) is 0 Å². The fourth-order valence-electron chi connectivity index (χ4n) is 3.05. The fraction of sp³-hybridized carbons (Fsp3) is 0.333. The molecule has 0 amide bonds. The lowest BCUT2D eigenvalue weighted by molar-refractivity contribution is 0.0730. The third-order valence-electron chi connectivity index (χ3n) is 4.91. The van der Waals surface area contributed by atoms with Crippen LogP contribution < -0.4 is 4.80 Å². The van der Waals surface area contributed by atoms with Crippen LogP contribution in [-0.4, -0.2) is 49.4 Å². The summed E-state index contributed by atoms with van der Waals surface area (Å²) in [6, 6.07) is 10.3. The van der Waals surface area contributed by atoms with Gasteiger partial charge in [-0.05, 0) is 49.7 Å². The maximum atomic E-state index is 12.8. The van der Waals surface area contributed by atoms with E-state index in [2.05, 4.69) is 5.10 Å². The maximum absolute atomic E-state index is 12.8. The Balaban J connectivity index is 1.69. The Labute approximate surface area is 185 Å². The van der Waals surface area contributed by atoms with Gasteiger partial charge in [0.1, 0.15) is 5.69 Å². The largest absolute Gasteiger partial charge is 0.463 e. The van der Waals surface area contributed by atoms with Gasteiger partial charge in [-0.1, -0.05) is 6.92 Å². The van der Waals surface area contributed by atoms with Crippen LogP contribution in [0.25, 0.3) is 11.5 Å². The molecule has 0 aliphatic carbocycles. The van der Waals surface area contributed by atoms with Gasteiger partial charge in [0.15, 0.2) is 5.76 Å². The minimum atomic E-state index is -3.53. The Morgan fingerprint density at radius 3 is 2.55 bits per heavy atom. The first-order chi connectivity index (χ1) is 15.0. The lowest BCUT2D eigenvalue weighted by atomic mass is 10.3. The van der Waals surface area contributed by atoms with Crippen LogP contribution in [0, 0.1) is 0 Å². The molecule has 8 nitrogen and oxygen atoms in total. The number of rotatable bonds is 6. The first-order valence-corrected chi connectivity index (χ1v) is 12.3. The Bertz CT molecular complexity index is 1220. The van der Waals surface area contributed by atoms with Gasteiger partial charge in [0.25, 0.3) is 0 Å². The Kier molecular flexibility index (Phi) is 6.51. The molecule has 2 aromatic heterocycles. The topological polar surface area (TPSA) is 89.4 Å². The van der Waals surface area contributed by atoms with E-state index < -0.39 is 10.0 Å². The van der Waals surface area contributed by atoms with Gasteiger partial charge in [-0.2, -0.15) is 9.41 Å². The second kappa shape index (κ2) is 9.31. The number of thiazole rings is 1. The minimum Gasteiger partial charge on any atom is -0.463 e. The number of benzene rings is 1. The van der Waals surface area contributed by atoms with Crippen molar-refractivity contribution in [2.45, 2.75) is 25.2 Å². The molecule has 1 fully saturated rings. The molecule has 0 radical (unpaired) electrons. The molecule has 1 aliphatic heterocycles. The molecule has 0 N–H and O–H groups in total. The van der Waals surface area contributed by atoms with Crippen molar-refractivity contribution >= 4 is 32.8 Å². The summed E-state index contributed by atoms with van der Waals surface area (Å²) in [5.41, 5.74) is 2.42. The normalized spacial score (nSPS) is 16.7. The summed E-state index contributed by atoms with van der Waals surface area (Å²) >= 11 is 1.44. The van der Waals surface area contributed by atoms with Crippen LogP contribution in [0.1, 0.15) is 20.3 Å². The average Bonchev–Trinajstić information content (AvgIpc) is 3.45. The van der Waals surface area contributed by atoms with Crippen LogP contribution in [-0.2, 0) is 14.8 Å². The predicted octanol–water partition coefficient (Wildman–Crippen LogP) is 3.70. The molecule has 164 valence electrons. The van der Waals surface area contributed by atoms with E-state index in [0.29, 0.717) is 42.6 Å². The van der Waals surface area contributed by atoms with Gasteiger partial charge < -0.3 is 9.15 Å². The summed E-state index contributed by atoms with van der Waals surface area (Å²) in [4.78, 5) is 5.62. The number of sulfonamides is 1. The molecule has 1 aliphatic rings. The molecule has 0 bridgehead atoms. The molecule has 0 unspecified atom stereocenters. The van der Waals surface area contributed by atoms with Gasteiger partial charge in [0, 0.05) is 24.2 Å². The third kappa shape index (κ3) is 4.72. The summed E-state index contributed by atoms with van der Waals surface area (Å²) in [6.45, 7) is 5.58. The summed E-state index contributed by atoms with van der Waals surface area (Å²) in [5.74, 6) is 0.706. The summed E-state index contributed by atoms with van der Waals surface area (Å²) in [7, 11) is -3.53. The van der Waals surface area contributed by atoms with Gasteiger partial charge >= 0.3 is 0 Å².